The topological polar surface area (TPSA) is 275 Å². The first kappa shape index (κ1) is 72.0. The fourth-order valence-electron chi connectivity index (χ4n) is 11.8. The lowest BCUT2D eigenvalue weighted by Gasteiger charge is -2.41. The van der Waals surface area contributed by atoms with Crippen molar-refractivity contribution in [2.24, 2.45) is 29.6 Å². The number of piperidine rings is 1. The average molecular weight is 1200 g/mol. The van der Waals surface area contributed by atoms with Gasteiger partial charge < -0.3 is 50.5 Å². The van der Waals surface area contributed by atoms with Crippen LogP contribution in [0.25, 0.3) is 0 Å². The molecule has 2 heterocycles. The van der Waals surface area contributed by atoms with E-state index in [1.807, 2.05) is 90.9 Å². The summed E-state index contributed by atoms with van der Waals surface area (Å²) in [6.45, 7) is 15.2. The number of nitrogens with one attached hydrogen (secondary N) is 5. The van der Waals surface area contributed by atoms with E-state index in [9.17, 15) is 43.2 Å². The molecule has 2 saturated heterocycles. The number of carboxylic acid groups (broad SMARTS) is 1. The van der Waals surface area contributed by atoms with Gasteiger partial charge in [0, 0.05) is 78.8 Å². The van der Waals surface area contributed by atoms with E-state index in [4.69, 9.17) is 19.4 Å². The molecule has 2 aliphatic heterocycles. The number of aliphatic carboxylic acids is 1. The number of nitrogens with zero attached hydrogens (tertiary/aromatic N) is 4. The molecule has 8 amide bonds. The van der Waals surface area contributed by atoms with Crippen LogP contribution in [-0.2, 0) is 70.5 Å². The minimum atomic E-state index is -1.05. The number of hydrogen-bond acceptors (Lipinski definition) is 13. The third-order valence-electron chi connectivity index (χ3n) is 16.9. The van der Waals surface area contributed by atoms with Crippen LogP contribution in [0.3, 0.4) is 0 Å². The molecular formula is C64H101N9O13. The molecule has 0 radical (unpaired) electrons. The van der Waals surface area contributed by atoms with Gasteiger partial charge in [-0.25, -0.2) is 5.48 Å². The number of methoxy groups -OCH3 is 2. The molecule has 0 bridgehead atoms. The zero-order valence-electron chi connectivity index (χ0n) is 53.2. The summed E-state index contributed by atoms with van der Waals surface area (Å²) in [7, 11) is 8.44. The number of likely N-dealkylation sites (tertiary alicyclic amines) is 2. The summed E-state index contributed by atoms with van der Waals surface area (Å²) >= 11 is 0. The monoisotopic (exact) mass is 1200 g/mol. The normalized spacial score (nSPS) is 17.4. The van der Waals surface area contributed by atoms with Crippen LogP contribution >= 0.6 is 0 Å². The number of carbonyl (C=O) groups excluding carboxylic acids is 8. The van der Waals surface area contributed by atoms with E-state index in [1.165, 1.54) is 14.2 Å². The highest BCUT2D eigenvalue weighted by Gasteiger charge is 2.44. The van der Waals surface area contributed by atoms with Gasteiger partial charge in [-0.1, -0.05) is 104 Å². The van der Waals surface area contributed by atoms with Crippen LogP contribution in [0, 0.1) is 29.6 Å². The Hall–Kier alpha value is -6.49. The molecule has 2 fully saturated rings. The largest absolute Gasteiger partial charge is 0.481 e. The zero-order chi connectivity index (χ0) is 63.6. The lowest BCUT2D eigenvalue weighted by molar-refractivity contribution is -0.148. The number of unbranched alkanes of at least 4 members (excludes halogenated alkanes) is 2. The van der Waals surface area contributed by atoms with Crippen molar-refractivity contribution in [3.63, 3.8) is 0 Å². The van der Waals surface area contributed by atoms with E-state index >= 15 is 0 Å². The highest BCUT2D eigenvalue weighted by atomic mass is 16.7. The lowest BCUT2D eigenvalue weighted by atomic mass is 9.89. The second-order valence-corrected chi connectivity index (χ2v) is 24.2. The second-order valence-electron chi connectivity index (χ2n) is 24.2. The van der Waals surface area contributed by atoms with E-state index in [-0.39, 0.29) is 85.5 Å². The molecule has 0 spiro atoms. The standard InChI is InChI=1S/C64H101N9O13/c1-13-43(6)58(71(10)63(81)56(41(2)3)68-62(80)57(42(4)5)70(8)9)51(84-11)39-55(77)73-35-21-24-50(73)59(85-12)44(7)60(78)67-49(38-45-22-16-14-17-23-45)61(79)69-86-40-46-28-30-48(31-29-46)66-53(75)25-18-15-19-34-65-52(74)26-20-27-54(76)72-36-32-47(33-37-72)64(82)83/h14,16-17,22-23,28-31,41-44,47,49-51,56-59H,13,15,18-21,24-27,32-40H2,1-12H3,(H,65,74)(H,66,75)(H,67,78)(H,68,80)(H,69,79)(H,82,83)/t43-,44+,49-,50-,51+,56-,57?,58-,59+/m0/s1. The van der Waals surface area contributed by atoms with Gasteiger partial charge >= 0.3 is 5.97 Å². The van der Waals surface area contributed by atoms with Crippen molar-refractivity contribution in [3.05, 3.63) is 65.7 Å². The molecule has 86 heavy (non-hydrogen) atoms. The Morgan fingerprint density at radius 3 is 1.95 bits per heavy atom. The van der Waals surface area contributed by atoms with Crippen molar-refractivity contribution >= 4 is 58.9 Å². The predicted molar refractivity (Wildman–Crippen MR) is 328 cm³/mol. The van der Waals surface area contributed by atoms with Gasteiger partial charge in [-0.15, -0.1) is 0 Å². The highest BCUT2D eigenvalue weighted by Crippen LogP contribution is 2.30. The van der Waals surface area contributed by atoms with Crippen LogP contribution in [0.1, 0.15) is 143 Å². The molecule has 0 aromatic heterocycles. The van der Waals surface area contributed by atoms with Crippen molar-refractivity contribution in [1.82, 2.24) is 41.0 Å². The SMILES string of the molecule is CC[C@H](C)[C@@H]([C@@H](CC(=O)N1CCC[C@H]1[C@H](OC)[C@@H](C)C(=O)N[C@@H](Cc1ccccc1)C(=O)NOCc1ccc(NC(=O)CCCCCNC(=O)CCCC(=O)N2CCC(C(=O)O)CC2)cc1)OC)N(C)C(=O)[C@@H](NC(=O)C(C(C)C)N(C)C)C(C)C. The van der Waals surface area contributed by atoms with Gasteiger partial charge in [-0.3, -0.25) is 52.9 Å². The summed E-state index contributed by atoms with van der Waals surface area (Å²) in [4.78, 5) is 132. The quantitative estimate of drug-likeness (QED) is 0.0352. The van der Waals surface area contributed by atoms with Crippen molar-refractivity contribution in [1.29, 1.82) is 0 Å². The number of carboxylic acids is 1. The van der Waals surface area contributed by atoms with Crippen LogP contribution in [0.5, 0.6) is 0 Å². The molecule has 9 atom stereocenters. The summed E-state index contributed by atoms with van der Waals surface area (Å²) in [5.74, 6) is -4.43. The van der Waals surface area contributed by atoms with Crippen LogP contribution in [-0.4, -0.2) is 182 Å². The van der Waals surface area contributed by atoms with Gasteiger partial charge in [-0.2, -0.15) is 0 Å². The predicted octanol–water partition coefficient (Wildman–Crippen LogP) is 5.72. The van der Waals surface area contributed by atoms with Crippen molar-refractivity contribution < 1.29 is 62.6 Å². The maximum absolute atomic E-state index is 14.5. The summed E-state index contributed by atoms with van der Waals surface area (Å²) in [5, 5.41) is 20.9. The number of carbonyl (C=O) groups is 9. The summed E-state index contributed by atoms with van der Waals surface area (Å²) in [6.07, 6.45) is 4.73. The first-order chi connectivity index (χ1) is 40.9. The van der Waals surface area contributed by atoms with Crippen LogP contribution in [0.4, 0.5) is 5.69 Å². The lowest BCUT2D eigenvalue weighted by Crippen LogP contribution is -2.59. The number of benzene rings is 2. The first-order valence-electron chi connectivity index (χ1n) is 30.9. The number of hydrogen-bond donors (Lipinski definition) is 6. The fraction of sp³-hybridized carbons (Fsp3) is 0.672. The maximum atomic E-state index is 14.5. The molecule has 22 heteroatoms. The van der Waals surface area contributed by atoms with E-state index in [2.05, 4.69) is 26.7 Å². The number of anilines is 1. The Balaban J connectivity index is 1.27. The van der Waals surface area contributed by atoms with E-state index in [0.717, 1.165) is 12.0 Å². The molecule has 6 N–H and O–H groups in total. The minimum Gasteiger partial charge on any atom is -0.481 e. The summed E-state index contributed by atoms with van der Waals surface area (Å²) in [6, 6.07) is 13.0. The summed E-state index contributed by atoms with van der Waals surface area (Å²) < 4.78 is 12.1. The maximum Gasteiger partial charge on any atom is 0.306 e. The zero-order valence-corrected chi connectivity index (χ0v) is 53.2. The average Bonchev–Trinajstić information content (AvgIpc) is 2.49. The Morgan fingerprint density at radius 1 is 0.698 bits per heavy atom. The van der Waals surface area contributed by atoms with E-state index in [0.29, 0.717) is 95.2 Å². The van der Waals surface area contributed by atoms with Crippen LogP contribution < -0.4 is 26.7 Å². The van der Waals surface area contributed by atoms with Gasteiger partial charge in [0.25, 0.3) is 5.91 Å². The second kappa shape index (κ2) is 36.6. The molecule has 2 aromatic carbocycles. The van der Waals surface area contributed by atoms with Gasteiger partial charge in [-0.05, 0) is 100 Å². The molecular weight excluding hydrogens is 1100 g/mol. The van der Waals surface area contributed by atoms with Crippen LogP contribution in [0.15, 0.2) is 54.6 Å². The third kappa shape index (κ3) is 22.3. The number of likely N-dealkylation sites (N-methyl/N-ethyl adjacent to an activating group) is 2. The molecule has 2 aliphatic rings. The highest BCUT2D eigenvalue weighted by molar-refractivity contribution is 5.91. The third-order valence-corrected chi connectivity index (χ3v) is 16.9. The Morgan fingerprint density at radius 2 is 1.36 bits per heavy atom. The van der Waals surface area contributed by atoms with Gasteiger partial charge in [0.05, 0.1) is 55.2 Å². The number of amides is 8. The molecule has 0 saturated carbocycles. The molecule has 4 rings (SSSR count). The van der Waals surface area contributed by atoms with Crippen molar-refractivity contribution in [2.75, 3.05) is 66.9 Å². The first-order valence-corrected chi connectivity index (χ1v) is 30.9. The molecule has 480 valence electrons. The van der Waals surface area contributed by atoms with E-state index < -0.39 is 72.0 Å². The van der Waals surface area contributed by atoms with Gasteiger partial charge in [0.1, 0.15) is 12.1 Å². The molecule has 1 unspecified atom stereocenters. The van der Waals surface area contributed by atoms with E-state index in [1.54, 1.807) is 52.9 Å². The Labute approximate surface area is 510 Å². The van der Waals surface area contributed by atoms with Crippen molar-refractivity contribution in [3.8, 4) is 0 Å². The Kier molecular flexibility index (Phi) is 30.6. The summed E-state index contributed by atoms with van der Waals surface area (Å²) in [5.41, 5.74) is 4.61. The van der Waals surface area contributed by atoms with Gasteiger partial charge in [0.15, 0.2) is 0 Å². The fourth-order valence-corrected chi connectivity index (χ4v) is 11.8. The number of rotatable bonds is 36. The number of ether oxygens (including phenoxy) is 2. The van der Waals surface area contributed by atoms with Crippen LogP contribution in [0.2, 0.25) is 0 Å². The smallest absolute Gasteiger partial charge is 0.306 e. The Bertz CT molecular complexity index is 2480. The van der Waals surface area contributed by atoms with Crippen molar-refractivity contribution in [2.45, 2.75) is 187 Å². The van der Waals surface area contributed by atoms with Gasteiger partial charge in [0.2, 0.25) is 41.4 Å². The molecule has 22 nitrogen and oxygen atoms in total. The number of hydroxylamine groups is 1. The molecule has 2 aromatic rings. The minimum absolute atomic E-state index is 0.00778. The molecule has 0 aliphatic carbocycles.